The highest BCUT2D eigenvalue weighted by Crippen LogP contribution is 1.93. The molecule has 0 aliphatic carbocycles. The molecule has 0 bridgehead atoms. The molecule has 0 aliphatic rings. The SMILES string of the molecule is CNCCN(CCC=O)CCC(=O)NCCN. The third kappa shape index (κ3) is 9.92. The molecule has 1 amide bonds. The van der Waals surface area contributed by atoms with Crippen molar-refractivity contribution < 1.29 is 9.59 Å². The van der Waals surface area contributed by atoms with Gasteiger partial charge in [-0.1, -0.05) is 0 Å². The second-order valence-electron chi connectivity index (χ2n) is 3.79. The number of hydrogen-bond acceptors (Lipinski definition) is 5. The van der Waals surface area contributed by atoms with E-state index in [4.69, 9.17) is 5.73 Å². The molecule has 0 aromatic rings. The molecular formula is C11H24N4O2. The Kier molecular flexibility index (Phi) is 10.8. The van der Waals surface area contributed by atoms with Crippen LogP contribution in [0.15, 0.2) is 0 Å². The molecule has 0 aromatic carbocycles. The molecule has 4 N–H and O–H groups in total. The Morgan fingerprint density at radius 2 is 2.06 bits per heavy atom. The summed E-state index contributed by atoms with van der Waals surface area (Å²) < 4.78 is 0. The number of rotatable bonds is 11. The average molecular weight is 244 g/mol. The average Bonchev–Trinajstić information content (AvgIpc) is 2.35. The maximum Gasteiger partial charge on any atom is 0.221 e. The first-order valence-electron chi connectivity index (χ1n) is 6.02. The van der Waals surface area contributed by atoms with E-state index in [2.05, 4.69) is 15.5 Å². The molecule has 0 aliphatic heterocycles. The first kappa shape index (κ1) is 16.0. The van der Waals surface area contributed by atoms with Gasteiger partial charge >= 0.3 is 0 Å². The van der Waals surface area contributed by atoms with Crippen molar-refractivity contribution in [3.05, 3.63) is 0 Å². The molecule has 6 heteroatoms. The van der Waals surface area contributed by atoms with Crippen LogP contribution in [0.5, 0.6) is 0 Å². The zero-order valence-electron chi connectivity index (χ0n) is 10.6. The Hall–Kier alpha value is -0.980. The molecule has 17 heavy (non-hydrogen) atoms. The number of nitrogens with two attached hydrogens (primary N) is 1. The van der Waals surface area contributed by atoms with Gasteiger partial charge in [-0.3, -0.25) is 4.79 Å². The molecule has 0 saturated heterocycles. The van der Waals surface area contributed by atoms with Crippen LogP contribution in [0.3, 0.4) is 0 Å². The lowest BCUT2D eigenvalue weighted by molar-refractivity contribution is -0.121. The van der Waals surface area contributed by atoms with E-state index in [1.54, 1.807) is 0 Å². The van der Waals surface area contributed by atoms with E-state index in [1.165, 1.54) is 0 Å². The van der Waals surface area contributed by atoms with Gasteiger partial charge in [0, 0.05) is 52.1 Å². The van der Waals surface area contributed by atoms with Gasteiger partial charge in [0.05, 0.1) is 0 Å². The molecular weight excluding hydrogens is 220 g/mol. The van der Waals surface area contributed by atoms with Crippen LogP contribution >= 0.6 is 0 Å². The van der Waals surface area contributed by atoms with Crippen LogP contribution in [0, 0.1) is 0 Å². The Bertz CT molecular complexity index is 212. The Morgan fingerprint density at radius 3 is 2.65 bits per heavy atom. The predicted molar refractivity (Wildman–Crippen MR) is 67.7 cm³/mol. The maximum atomic E-state index is 11.4. The normalized spacial score (nSPS) is 10.5. The molecule has 0 spiro atoms. The number of nitrogens with zero attached hydrogens (tertiary/aromatic N) is 1. The number of amides is 1. The van der Waals surface area contributed by atoms with Crippen molar-refractivity contribution in [2.45, 2.75) is 12.8 Å². The molecule has 6 nitrogen and oxygen atoms in total. The van der Waals surface area contributed by atoms with Gasteiger partial charge in [-0.05, 0) is 7.05 Å². The minimum absolute atomic E-state index is 0.0102. The molecule has 0 radical (unpaired) electrons. The van der Waals surface area contributed by atoms with Crippen molar-refractivity contribution in [2.24, 2.45) is 5.73 Å². The Morgan fingerprint density at radius 1 is 1.29 bits per heavy atom. The first-order valence-corrected chi connectivity index (χ1v) is 6.02. The molecule has 0 rings (SSSR count). The van der Waals surface area contributed by atoms with Gasteiger partial charge in [-0.15, -0.1) is 0 Å². The highest BCUT2D eigenvalue weighted by atomic mass is 16.1. The zero-order valence-corrected chi connectivity index (χ0v) is 10.6. The molecule has 0 heterocycles. The second-order valence-corrected chi connectivity index (χ2v) is 3.79. The van der Waals surface area contributed by atoms with Crippen molar-refractivity contribution >= 4 is 12.2 Å². The first-order chi connectivity index (χ1) is 8.24. The molecule has 0 saturated carbocycles. The fraction of sp³-hybridized carbons (Fsp3) is 0.818. The maximum absolute atomic E-state index is 11.4. The molecule has 0 fully saturated rings. The fourth-order valence-electron chi connectivity index (χ4n) is 1.40. The van der Waals surface area contributed by atoms with E-state index >= 15 is 0 Å². The smallest absolute Gasteiger partial charge is 0.221 e. The van der Waals surface area contributed by atoms with E-state index in [0.29, 0.717) is 39.0 Å². The summed E-state index contributed by atoms with van der Waals surface area (Å²) in [5.74, 6) is 0.0102. The summed E-state index contributed by atoms with van der Waals surface area (Å²) in [6.07, 6.45) is 1.86. The number of carbonyl (C=O) groups is 2. The van der Waals surface area contributed by atoms with Gasteiger partial charge in [0.2, 0.25) is 5.91 Å². The molecule has 100 valence electrons. The van der Waals surface area contributed by atoms with E-state index in [-0.39, 0.29) is 5.91 Å². The minimum Gasteiger partial charge on any atom is -0.355 e. The monoisotopic (exact) mass is 244 g/mol. The summed E-state index contributed by atoms with van der Waals surface area (Å²) in [6, 6.07) is 0. The zero-order chi connectivity index (χ0) is 12.9. The number of aldehydes is 1. The predicted octanol–water partition coefficient (Wildman–Crippen LogP) is -1.44. The van der Waals surface area contributed by atoms with Crippen LogP contribution in [0.4, 0.5) is 0 Å². The van der Waals surface area contributed by atoms with Crippen molar-refractivity contribution in [1.82, 2.24) is 15.5 Å². The van der Waals surface area contributed by atoms with Crippen molar-refractivity contribution in [3.63, 3.8) is 0 Å². The lowest BCUT2D eigenvalue weighted by Crippen LogP contribution is -2.36. The summed E-state index contributed by atoms with van der Waals surface area (Å²) in [4.78, 5) is 23.8. The van der Waals surface area contributed by atoms with Gasteiger partial charge in [-0.25, -0.2) is 0 Å². The third-order valence-electron chi connectivity index (χ3n) is 2.36. The van der Waals surface area contributed by atoms with Crippen LogP contribution in [-0.4, -0.2) is 63.4 Å². The fourth-order valence-corrected chi connectivity index (χ4v) is 1.40. The summed E-state index contributed by atoms with van der Waals surface area (Å²) in [7, 11) is 1.88. The highest BCUT2D eigenvalue weighted by molar-refractivity contribution is 5.76. The van der Waals surface area contributed by atoms with Crippen molar-refractivity contribution in [2.75, 3.05) is 46.3 Å². The number of nitrogens with one attached hydrogen (secondary N) is 2. The van der Waals surface area contributed by atoms with E-state index < -0.39 is 0 Å². The van der Waals surface area contributed by atoms with Gasteiger partial charge in [-0.2, -0.15) is 0 Å². The second kappa shape index (κ2) is 11.5. The number of likely N-dealkylation sites (N-methyl/N-ethyl adjacent to an activating group) is 1. The lowest BCUT2D eigenvalue weighted by Gasteiger charge is -2.20. The highest BCUT2D eigenvalue weighted by Gasteiger charge is 2.07. The van der Waals surface area contributed by atoms with E-state index in [9.17, 15) is 9.59 Å². The van der Waals surface area contributed by atoms with Gasteiger partial charge in [0.1, 0.15) is 6.29 Å². The molecule has 0 aromatic heterocycles. The Balaban J connectivity index is 3.79. The summed E-state index contributed by atoms with van der Waals surface area (Å²) in [5.41, 5.74) is 5.29. The summed E-state index contributed by atoms with van der Waals surface area (Å²) >= 11 is 0. The van der Waals surface area contributed by atoms with Crippen molar-refractivity contribution in [3.8, 4) is 0 Å². The largest absolute Gasteiger partial charge is 0.355 e. The van der Waals surface area contributed by atoms with Crippen LogP contribution in [0.25, 0.3) is 0 Å². The minimum atomic E-state index is 0.0102. The quantitative estimate of drug-likeness (QED) is 0.388. The van der Waals surface area contributed by atoms with Gasteiger partial charge in [0.15, 0.2) is 0 Å². The van der Waals surface area contributed by atoms with E-state index in [0.717, 1.165) is 19.4 Å². The van der Waals surface area contributed by atoms with Gasteiger partial charge in [0.25, 0.3) is 0 Å². The van der Waals surface area contributed by atoms with Crippen LogP contribution in [0.2, 0.25) is 0 Å². The third-order valence-corrected chi connectivity index (χ3v) is 2.36. The van der Waals surface area contributed by atoms with Crippen molar-refractivity contribution in [1.29, 1.82) is 0 Å². The summed E-state index contributed by atoms with van der Waals surface area (Å²) in [6.45, 7) is 4.04. The topological polar surface area (TPSA) is 87.5 Å². The molecule has 0 unspecified atom stereocenters. The van der Waals surface area contributed by atoms with Crippen LogP contribution in [-0.2, 0) is 9.59 Å². The lowest BCUT2D eigenvalue weighted by atomic mass is 10.3. The standard InChI is InChI=1S/C11H24N4O2/c1-13-6-9-15(7-2-10-16)8-3-11(17)14-5-4-12/h10,13H,2-9,12H2,1H3,(H,14,17). The molecule has 0 atom stereocenters. The number of hydrogen-bond donors (Lipinski definition) is 3. The summed E-state index contributed by atoms with van der Waals surface area (Å²) in [5, 5.41) is 5.77. The van der Waals surface area contributed by atoms with Crippen LogP contribution < -0.4 is 16.4 Å². The van der Waals surface area contributed by atoms with Gasteiger partial charge < -0.3 is 26.1 Å². The van der Waals surface area contributed by atoms with Crippen LogP contribution in [0.1, 0.15) is 12.8 Å². The Labute approximate surface area is 103 Å². The van der Waals surface area contributed by atoms with E-state index in [1.807, 2.05) is 7.05 Å². The number of carbonyl (C=O) groups excluding carboxylic acids is 2.